The van der Waals surface area contributed by atoms with Crippen molar-refractivity contribution in [2.45, 2.75) is 31.8 Å². The van der Waals surface area contributed by atoms with Crippen molar-refractivity contribution >= 4 is 17.6 Å². The summed E-state index contributed by atoms with van der Waals surface area (Å²) in [6.45, 7) is 2.15. The summed E-state index contributed by atoms with van der Waals surface area (Å²) in [4.78, 5) is 6.42. The van der Waals surface area contributed by atoms with Crippen LogP contribution in [0, 0.1) is 0 Å². The summed E-state index contributed by atoms with van der Waals surface area (Å²) in [6.07, 6.45) is 4.11. The molecule has 4 nitrogen and oxygen atoms in total. The molecule has 1 aliphatic rings. The zero-order valence-corrected chi connectivity index (χ0v) is 12.4. The SMILES string of the molecule is NC(=NCC(O)c1ccccc1Cl)N1CCCCCC1. The first-order valence-electron chi connectivity index (χ1n) is 7.16. The highest BCUT2D eigenvalue weighted by Crippen LogP contribution is 2.22. The fourth-order valence-electron chi connectivity index (χ4n) is 2.42. The number of aliphatic imine (C=N–C) groups is 1. The largest absolute Gasteiger partial charge is 0.386 e. The first kappa shape index (κ1) is 15.1. The van der Waals surface area contributed by atoms with E-state index in [1.165, 1.54) is 12.8 Å². The number of aliphatic hydroxyl groups excluding tert-OH is 1. The normalized spacial score (nSPS) is 18.7. The molecule has 0 spiro atoms. The maximum atomic E-state index is 10.1. The third-order valence-electron chi connectivity index (χ3n) is 3.62. The highest BCUT2D eigenvalue weighted by atomic mass is 35.5. The topological polar surface area (TPSA) is 61.9 Å². The second-order valence-corrected chi connectivity index (χ2v) is 5.54. The lowest BCUT2D eigenvalue weighted by molar-refractivity contribution is 0.187. The van der Waals surface area contributed by atoms with Crippen LogP contribution in [-0.2, 0) is 0 Å². The zero-order chi connectivity index (χ0) is 14.4. The van der Waals surface area contributed by atoms with Gasteiger partial charge in [0, 0.05) is 23.7 Å². The molecule has 1 atom stereocenters. The van der Waals surface area contributed by atoms with Crippen molar-refractivity contribution in [1.29, 1.82) is 0 Å². The summed E-state index contributed by atoms with van der Waals surface area (Å²) in [5, 5.41) is 10.7. The van der Waals surface area contributed by atoms with Crippen LogP contribution in [0.3, 0.4) is 0 Å². The Bertz CT molecular complexity index is 456. The number of hydrogen-bond donors (Lipinski definition) is 2. The average Bonchev–Trinajstić information content (AvgIpc) is 2.74. The zero-order valence-electron chi connectivity index (χ0n) is 11.6. The minimum atomic E-state index is -0.714. The standard InChI is InChI=1S/C15H22ClN3O/c16-13-8-4-3-7-12(13)14(20)11-18-15(17)19-9-5-1-2-6-10-19/h3-4,7-8,14,20H,1-2,5-6,9-11H2,(H2,17,18). The van der Waals surface area contributed by atoms with Crippen LogP contribution in [0.2, 0.25) is 5.02 Å². The van der Waals surface area contributed by atoms with E-state index in [2.05, 4.69) is 9.89 Å². The molecule has 20 heavy (non-hydrogen) atoms. The second kappa shape index (κ2) is 7.50. The van der Waals surface area contributed by atoms with Crippen molar-refractivity contribution < 1.29 is 5.11 Å². The molecule has 1 fully saturated rings. The molecule has 0 saturated carbocycles. The maximum Gasteiger partial charge on any atom is 0.191 e. The van der Waals surface area contributed by atoms with E-state index in [1.807, 2.05) is 18.2 Å². The highest BCUT2D eigenvalue weighted by molar-refractivity contribution is 6.31. The lowest BCUT2D eigenvalue weighted by Crippen LogP contribution is -2.38. The van der Waals surface area contributed by atoms with Gasteiger partial charge in [-0.15, -0.1) is 0 Å². The fourth-order valence-corrected chi connectivity index (χ4v) is 2.69. The molecule has 1 aromatic carbocycles. The summed E-state index contributed by atoms with van der Waals surface area (Å²) in [7, 11) is 0. The van der Waals surface area contributed by atoms with Crippen LogP contribution >= 0.6 is 11.6 Å². The van der Waals surface area contributed by atoms with Crippen molar-refractivity contribution in [1.82, 2.24) is 4.90 Å². The van der Waals surface area contributed by atoms with Crippen molar-refractivity contribution in [3.05, 3.63) is 34.9 Å². The van der Waals surface area contributed by atoms with Crippen LogP contribution in [0.4, 0.5) is 0 Å². The molecule has 0 aromatic heterocycles. The van der Waals surface area contributed by atoms with Crippen LogP contribution in [-0.4, -0.2) is 35.6 Å². The van der Waals surface area contributed by atoms with E-state index in [0.29, 0.717) is 16.5 Å². The summed E-state index contributed by atoms with van der Waals surface area (Å²) >= 11 is 6.05. The predicted octanol–water partition coefficient (Wildman–Crippen LogP) is 2.56. The molecule has 1 unspecified atom stereocenters. The van der Waals surface area contributed by atoms with E-state index < -0.39 is 6.10 Å². The van der Waals surface area contributed by atoms with Gasteiger partial charge in [-0.05, 0) is 18.9 Å². The summed E-state index contributed by atoms with van der Waals surface area (Å²) in [6, 6.07) is 7.27. The minimum Gasteiger partial charge on any atom is -0.386 e. The van der Waals surface area contributed by atoms with Gasteiger partial charge in [0.1, 0.15) is 6.10 Å². The lowest BCUT2D eigenvalue weighted by atomic mass is 10.1. The van der Waals surface area contributed by atoms with Crippen LogP contribution in [0.1, 0.15) is 37.4 Å². The molecule has 3 N–H and O–H groups in total. The van der Waals surface area contributed by atoms with Crippen molar-refractivity contribution in [2.24, 2.45) is 10.7 Å². The number of likely N-dealkylation sites (tertiary alicyclic amines) is 1. The molecule has 0 bridgehead atoms. The molecule has 0 radical (unpaired) electrons. The van der Waals surface area contributed by atoms with Gasteiger partial charge in [-0.25, -0.2) is 0 Å². The van der Waals surface area contributed by atoms with Crippen molar-refractivity contribution in [3.8, 4) is 0 Å². The molecule has 110 valence electrons. The third-order valence-corrected chi connectivity index (χ3v) is 3.96. The summed E-state index contributed by atoms with van der Waals surface area (Å²) < 4.78 is 0. The summed E-state index contributed by atoms with van der Waals surface area (Å²) in [5.41, 5.74) is 6.71. The van der Waals surface area contributed by atoms with Gasteiger partial charge in [0.05, 0.1) is 6.54 Å². The van der Waals surface area contributed by atoms with E-state index in [4.69, 9.17) is 17.3 Å². The van der Waals surface area contributed by atoms with Gasteiger partial charge in [-0.2, -0.15) is 0 Å². The minimum absolute atomic E-state index is 0.242. The number of benzene rings is 1. The molecule has 0 aliphatic carbocycles. The Morgan fingerprint density at radius 3 is 2.55 bits per heavy atom. The Morgan fingerprint density at radius 2 is 1.90 bits per heavy atom. The highest BCUT2D eigenvalue weighted by Gasteiger charge is 2.13. The number of aliphatic hydroxyl groups is 1. The number of rotatable bonds is 3. The second-order valence-electron chi connectivity index (χ2n) is 5.14. The average molecular weight is 296 g/mol. The number of hydrogen-bond acceptors (Lipinski definition) is 2. The van der Waals surface area contributed by atoms with Crippen LogP contribution in [0.25, 0.3) is 0 Å². The molecule has 1 aromatic rings. The van der Waals surface area contributed by atoms with Crippen molar-refractivity contribution in [3.63, 3.8) is 0 Å². The Labute approximate surface area is 125 Å². The van der Waals surface area contributed by atoms with Gasteiger partial charge in [0.25, 0.3) is 0 Å². The molecular weight excluding hydrogens is 274 g/mol. The van der Waals surface area contributed by atoms with Crippen LogP contribution in [0.15, 0.2) is 29.3 Å². The van der Waals surface area contributed by atoms with Gasteiger partial charge >= 0.3 is 0 Å². The molecule has 1 heterocycles. The van der Waals surface area contributed by atoms with E-state index in [-0.39, 0.29) is 6.54 Å². The lowest BCUT2D eigenvalue weighted by Gasteiger charge is -2.21. The molecule has 2 rings (SSSR count). The Kier molecular flexibility index (Phi) is 5.68. The number of guanidine groups is 1. The van der Waals surface area contributed by atoms with E-state index in [1.54, 1.807) is 6.07 Å². The summed E-state index contributed by atoms with van der Waals surface area (Å²) in [5.74, 6) is 0.526. The molecule has 1 saturated heterocycles. The van der Waals surface area contributed by atoms with Gasteiger partial charge in [0.15, 0.2) is 5.96 Å². The molecular formula is C15H22ClN3O. The third kappa shape index (κ3) is 4.12. The van der Waals surface area contributed by atoms with Gasteiger partial charge in [-0.3, -0.25) is 4.99 Å². The van der Waals surface area contributed by atoms with Crippen LogP contribution in [0.5, 0.6) is 0 Å². The maximum absolute atomic E-state index is 10.1. The fraction of sp³-hybridized carbons (Fsp3) is 0.533. The van der Waals surface area contributed by atoms with Gasteiger partial charge in [0.2, 0.25) is 0 Å². The smallest absolute Gasteiger partial charge is 0.191 e. The Balaban J connectivity index is 1.95. The van der Waals surface area contributed by atoms with E-state index in [9.17, 15) is 5.11 Å². The van der Waals surface area contributed by atoms with E-state index >= 15 is 0 Å². The Morgan fingerprint density at radius 1 is 1.25 bits per heavy atom. The number of nitrogens with two attached hydrogens (primary N) is 1. The quantitative estimate of drug-likeness (QED) is 0.665. The van der Waals surface area contributed by atoms with Crippen LogP contribution < -0.4 is 5.73 Å². The first-order chi connectivity index (χ1) is 9.68. The Hall–Kier alpha value is -1.26. The van der Waals surface area contributed by atoms with E-state index in [0.717, 1.165) is 25.9 Å². The van der Waals surface area contributed by atoms with Gasteiger partial charge in [-0.1, -0.05) is 42.6 Å². The first-order valence-corrected chi connectivity index (χ1v) is 7.53. The van der Waals surface area contributed by atoms with Gasteiger partial charge < -0.3 is 15.7 Å². The molecule has 5 heteroatoms. The number of halogens is 1. The monoisotopic (exact) mass is 295 g/mol. The predicted molar refractivity (Wildman–Crippen MR) is 82.9 cm³/mol. The molecule has 1 aliphatic heterocycles. The molecule has 0 amide bonds. The number of nitrogens with zero attached hydrogens (tertiary/aromatic N) is 2. The van der Waals surface area contributed by atoms with Crippen molar-refractivity contribution in [2.75, 3.05) is 19.6 Å².